The third kappa shape index (κ3) is 9.85. The molecule has 5 unspecified atom stereocenters. The second kappa shape index (κ2) is 16.0. The van der Waals surface area contributed by atoms with Crippen LogP contribution in [0, 0.1) is 0 Å². The molecule has 57 heavy (non-hydrogen) atoms. The molecule has 4 aromatic heterocycles. The van der Waals surface area contributed by atoms with Crippen LogP contribution in [0.5, 0.6) is 0 Å². The number of hydrogen-bond donors (Lipinski definition) is 10. The van der Waals surface area contributed by atoms with Crippen LogP contribution < -0.4 is 11.5 Å². The first-order valence-electron chi connectivity index (χ1n) is 15.1. The number of aromatic nitrogens is 8. The molecular weight excluding hydrogens is 882 g/mol. The largest absolute Gasteiger partial charge is 0.490 e. The minimum absolute atomic E-state index is 0.0220. The fraction of sp³-hybridized carbons (Fsp3) is 0.500. The minimum atomic E-state index is -6.39. The molecule has 13 atom stereocenters. The quantitative estimate of drug-likeness (QED) is 0.0423. The van der Waals surface area contributed by atoms with Crippen molar-refractivity contribution in [3.8, 4) is 0 Å². The summed E-state index contributed by atoms with van der Waals surface area (Å²) in [5, 5.41) is 41.9. The molecule has 2 aliphatic rings. The van der Waals surface area contributed by atoms with Gasteiger partial charge < -0.3 is 65.5 Å². The van der Waals surface area contributed by atoms with Crippen LogP contribution in [-0.2, 0) is 58.6 Å². The van der Waals surface area contributed by atoms with Gasteiger partial charge in [0.1, 0.15) is 60.3 Å². The number of nitrogens with zero attached hydrogens (tertiary/aromatic N) is 8. The van der Waals surface area contributed by atoms with E-state index in [1.807, 2.05) is 0 Å². The SMILES string of the molecule is [B]P(=O)(OC[C@H]1O[C@@H](n2cnc3c(N)ncnc32)[C@H](O)[C@@H]1O)OP(=O)(O)OP(=O)(O)OP(=O)(O)OP(=O)(O)OC[C@H]1O[C@@H](n2cnc3c(N)ncnc32)[C@H](O)[C@@H]1O. The summed E-state index contributed by atoms with van der Waals surface area (Å²) in [7, 11) is -24.9. The number of ether oxygens (including phenoxy) is 2. The highest BCUT2D eigenvalue weighted by molar-refractivity contribution is 7.84. The minimum Gasteiger partial charge on any atom is -0.387 e. The molecule has 0 saturated carbocycles. The Balaban J connectivity index is 1.00. The van der Waals surface area contributed by atoms with Crippen LogP contribution in [0.4, 0.5) is 11.6 Å². The third-order valence-corrected chi connectivity index (χ3v) is 15.3. The normalized spacial score (nSPS) is 30.7. The number of aliphatic hydroxyl groups excluding tert-OH is 4. The van der Waals surface area contributed by atoms with Gasteiger partial charge in [-0.2, -0.15) is 12.9 Å². The summed E-state index contributed by atoms with van der Waals surface area (Å²) in [5.41, 5.74) is 11.8. The predicted molar refractivity (Wildman–Crippen MR) is 180 cm³/mol. The Morgan fingerprint density at radius 2 is 0.982 bits per heavy atom. The Hall–Kier alpha value is -2.73. The van der Waals surface area contributed by atoms with Gasteiger partial charge in [-0.05, 0) is 0 Å². The fourth-order valence-corrected chi connectivity index (χ4v) is 11.8. The predicted octanol–water partition coefficient (Wildman–Crippen LogP) is -2.15. The van der Waals surface area contributed by atoms with E-state index in [2.05, 4.69) is 51.7 Å². The molecule has 31 nitrogen and oxygen atoms in total. The third-order valence-electron chi connectivity index (χ3n) is 7.65. The second-order valence-corrected chi connectivity index (χ2v) is 19.5. The molecule has 6 rings (SSSR count). The van der Waals surface area contributed by atoms with E-state index in [9.17, 15) is 62.8 Å². The van der Waals surface area contributed by atoms with E-state index in [1.165, 1.54) is 0 Å². The lowest BCUT2D eigenvalue weighted by atomic mass is 10.1. The van der Waals surface area contributed by atoms with Gasteiger partial charge in [0, 0.05) is 0 Å². The average molecular weight is 910 g/mol. The molecule has 2 fully saturated rings. The highest BCUT2D eigenvalue weighted by Gasteiger charge is 2.50. The Kier molecular flexibility index (Phi) is 12.3. The summed E-state index contributed by atoms with van der Waals surface area (Å²) in [5.74, 6) is -0.0549. The topological polar surface area (TPSA) is 460 Å². The van der Waals surface area contributed by atoms with Crippen LogP contribution in [0.15, 0.2) is 25.3 Å². The first kappa shape index (κ1) is 43.8. The van der Waals surface area contributed by atoms with Gasteiger partial charge in [-0.15, -0.1) is 0 Å². The number of phosphoric acid groups is 4. The molecule has 0 amide bonds. The van der Waals surface area contributed by atoms with Gasteiger partial charge in [0.15, 0.2) is 35.4 Å². The van der Waals surface area contributed by atoms with Crippen LogP contribution in [0.2, 0.25) is 0 Å². The molecular formula is C20H28BN10O21P5. The molecule has 2 aliphatic heterocycles. The number of rotatable bonds is 16. The van der Waals surface area contributed by atoms with Crippen molar-refractivity contribution in [2.75, 3.05) is 24.7 Å². The van der Waals surface area contributed by atoms with Crippen LogP contribution in [0.3, 0.4) is 0 Å². The van der Waals surface area contributed by atoms with E-state index in [1.54, 1.807) is 0 Å². The van der Waals surface area contributed by atoms with E-state index < -0.39 is 101 Å². The maximum Gasteiger partial charge on any atom is 0.490 e. The Labute approximate surface area is 316 Å². The molecule has 37 heteroatoms. The van der Waals surface area contributed by atoms with Crippen molar-refractivity contribution in [3.05, 3.63) is 25.3 Å². The fourth-order valence-electron chi connectivity index (χ4n) is 5.28. The summed E-state index contributed by atoms with van der Waals surface area (Å²) in [6, 6.07) is 0. The maximum absolute atomic E-state index is 12.6. The van der Waals surface area contributed by atoms with Crippen molar-refractivity contribution in [1.29, 1.82) is 0 Å². The highest BCUT2D eigenvalue weighted by atomic mass is 31.3. The number of imidazole rings is 2. The molecule has 6 heterocycles. The number of phosphoric ester groups is 1. The zero-order chi connectivity index (χ0) is 41.9. The van der Waals surface area contributed by atoms with E-state index >= 15 is 0 Å². The van der Waals surface area contributed by atoms with Gasteiger partial charge in [-0.25, -0.2) is 52.5 Å². The van der Waals surface area contributed by atoms with Crippen molar-refractivity contribution in [1.82, 2.24) is 39.0 Å². The Morgan fingerprint density at radius 3 is 1.42 bits per heavy atom. The molecule has 0 aromatic carbocycles. The Bertz CT molecular complexity index is 2230. The number of fused-ring (bicyclic) bond motifs is 2. The van der Waals surface area contributed by atoms with E-state index in [4.69, 9.17) is 33.0 Å². The number of nitrogen functional groups attached to an aromatic ring is 2. The van der Waals surface area contributed by atoms with Crippen LogP contribution in [0.1, 0.15) is 12.5 Å². The van der Waals surface area contributed by atoms with Crippen molar-refractivity contribution >= 4 is 80.3 Å². The second-order valence-electron chi connectivity index (χ2n) is 11.6. The number of hydrogen-bond acceptors (Lipinski definition) is 25. The number of aliphatic hydroxyl groups is 4. The van der Waals surface area contributed by atoms with Gasteiger partial charge >= 0.3 is 31.3 Å². The lowest BCUT2D eigenvalue weighted by molar-refractivity contribution is -0.0503. The number of nitrogens with two attached hydrogens (primary N) is 2. The molecule has 12 N–H and O–H groups in total. The standard InChI is InChI=1S/C20H28BN10O21P5/c21-53(36,45-1-7-11(32)13(34)19(47-7)30-5-28-9-15(22)24-3-26-17(9)30)49-55(39,40)51-57(43,44)52-56(41,42)50-54(37,38)46-2-8-12(33)14(35)20(48-8)31-6-29-10-16(23)25-4-27-18(10)31/h3-8,11-14,19-20,32-35H,1-2H2,(H,37,38)(H,39,40)(H,41,42)(H,43,44)(H2,22,24,26)(H2,23,25,27)/t7-,8-,11-,12-,13-,14-,19-,20-,53?/m1/s1. The zero-order valence-corrected chi connectivity index (χ0v) is 32.2. The first-order chi connectivity index (χ1) is 26.4. The maximum atomic E-state index is 12.6. The van der Waals surface area contributed by atoms with E-state index in [-0.39, 0.29) is 34.0 Å². The van der Waals surface area contributed by atoms with Crippen molar-refractivity contribution in [3.63, 3.8) is 0 Å². The van der Waals surface area contributed by atoms with Gasteiger partial charge in [0.2, 0.25) is 7.57 Å². The van der Waals surface area contributed by atoms with Crippen LogP contribution >= 0.6 is 38.8 Å². The summed E-state index contributed by atoms with van der Waals surface area (Å²) < 4.78 is 100.0. The van der Waals surface area contributed by atoms with Crippen molar-refractivity contribution in [2.24, 2.45) is 0 Å². The molecule has 0 bridgehead atoms. The molecule has 0 aliphatic carbocycles. The molecule has 0 spiro atoms. The van der Waals surface area contributed by atoms with Gasteiger partial charge in [-0.3, -0.25) is 18.2 Å². The lowest BCUT2D eigenvalue weighted by Crippen LogP contribution is -2.33. The monoisotopic (exact) mass is 910 g/mol. The smallest absolute Gasteiger partial charge is 0.387 e. The van der Waals surface area contributed by atoms with Gasteiger partial charge in [0.05, 0.1) is 25.9 Å². The van der Waals surface area contributed by atoms with Gasteiger partial charge in [-0.1, -0.05) is 0 Å². The highest BCUT2D eigenvalue weighted by Crippen LogP contribution is 2.73. The van der Waals surface area contributed by atoms with Gasteiger partial charge in [0.25, 0.3) is 7.47 Å². The van der Waals surface area contributed by atoms with Crippen LogP contribution in [0.25, 0.3) is 22.3 Å². The van der Waals surface area contributed by atoms with Crippen molar-refractivity contribution in [2.45, 2.75) is 49.1 Å². The molecule has 2 saturated heterocycles. The summed E-state index contributed by atoms with van der Waals surface area (Å²) in [6.07, 6.45) is -8.73. The molecule has 4 aromatic rings. The van der Waals surface area contributed by atoms with Crippen molar-refractivity contribution < 1.29 is 98.6 Å². The van der Waals surface area contributed by atoms with E-state index in [0.717, 1.165) is 34.4 Å². The molecule has 312 valence electrons. The Morgan fingerprint density at radius 1 is 0.596 bits per heavy atom. The van der Waals surface area contributed by atoms with E-state index in [0.29, 0.717) is 0 Å². The summed E-state index contributed by atoms with van der Waals surface area (Å²) >= 11 is 0. The average Bonchev–Trinajstić information content (AvgIpc) is 3.83. The summed E-state index contributed by atoms with van der Waals surface area (Å²) in [6.45, 7) is -2.20. The lowest BCUT2D eigenvalue weighted by Gasteiger charge is -2.23. The first-order valence-corrected chi connectivity index (χ1v) is 22.7. The summed E-state index contributed by atoms with van der Waals surface area (Å²) in [4.78, 5) is 62.9. The zero-order valence-electron chi connectivity index (χ0n) is 27.8. The number of anilines is 2. The van der Waals surface area contributed by atoms with Crippen LogP contribution in [-0.4, -0.2) is 136 Å². The molecule has 2 radical (unpaired) electrons.